The molecule has 0 atom stereocenters. The van der Waals surface area contributed by atoms with Gasteiger partial charge in [-0.05, 0) is 34.1 Å². The van der Waals surface area contributed by atoms with Gasteiger partial charge in [0.15, 0.2) is 5.69 Å². The highest BCUT2D eigenvalue weighted by atomic mass is 79.9. The zero-order chi connectivity index (χ0) is 16.5. The molecule has 0 aliphatic heterocycles. The Kier molecular flexibility index (Phi) is 4.23. The monoisotopic (exact) mass is 372 g/mol. The molecular formula is C13H8BrF3N4O. The maximum atomic E-state index is 12.8. The molecule has 9 heteroatoms. The number of alkyl halides is 3. The van der Waals surface area contributed by atoms with E-state index in [0.717, 1.165) is 10.8 Å². The standard InChI is InChI=1S/C13H8BrF3N4O/c14-9-3-7(4-18)1-2-8(9)12-20-10(13(15,16)17)5-21(12)6-11(19)22/h1-3,5H,6H2,(H2,19,22). The highest BCUT2D eigenvalue weighted by Crippen LogP contribution is 2.33. The third kappa shape index (κ3) is 3.28. The van der Waals surface area contributed by atoms with E-state index in [9.17, 15) is 18.0 Å². The molecular weight excluding hydrogens is 365 g/mol. The van der Waals surface area contributed by atoms with Crippen LogP contribution < -0.4 is 5.73 Å². The maximum Gasteiger partial charge on any atom is 0.434 e. The van der Waals surface area contributed by atoms with E-state index in [4.69, 9.17) is 11.0 Å². The Morgan fingerprint density at radius 3 is 2.64 bits per heavy atom. The molecule has 0 saturated carbocycles. The molecule has 1 aromatic carbocycles. The van der Waals surface area contributed by atoms with Gasteiger partial charge in [0.05, 0.1) is 11.6 Å². The van der Waals surface area contributed by atoms with Crippen molar-refractivity contribution in [3.05, 3.63) is 40.1 Å². The fourth-order valence-corrected chi connectivity index (χ4v) is 2.38. The normalized spacial score (nSPS) is 11.2. The molecule has 2 N–H and O–H groups in total. The predicted octanol–water partition coefficient (Wildman–Crippen LogP) is 2.69. The average molecular weight is 373 g/mol. The first-order chi connectivity index (χ1) is 10.2. The number of nitriles is 1. The zero-order valence-corrected chi connectivity index (χ0v) is 12.4. The molecule has 1 amide bonds. The number of benzene rings is 1. The van der Waals surface area contributed by atoms with Gasteiger partial charge in [0, 0.05) is 16.2 Å². The van der Waals surface area contributed by atoms with Crippen molar-refractivity contribution in [1.82, 2.24) is 9.55 Å². The Morgan fingerprint density at radius 1 is 1.45 bits per heavy atom. The second-order valence-electron chi connectivity index (χ2n) is 4.35. The lowest BCUT2D eigenvalue weighted by atomic mass is 10.1. The number of nitrogens with two attached hydrogens (primary N) is 1. The smallest absolute Gasteiger partial charge is 0.368 e. The molecule has 1 heterocycles. The molecule has 0 unspecified atom stereocenters. The summed E-state index contributed by atoms with van der Waals surface area (Å²) in [6, 6.07) is 6.25. The largest absolute Gasteiger partial charge is 0.434 e. The molecule has 5 nitrogen and oxygen atoms in total. The summed E-state index contributed by atoms with van der Waals surface area (Å²) in [6.07, 6.45) is -3.92. The number of hydrogen-bond acceptors (Lipinski definition) is 3. The van der Waals surface area contributed by atoms with Gasteiger partial charge in [-0.2, -0.15) is 18.4 Å². The third-order valence-electron chi connectivity index (χ3n) is 2.73. The van der Waals surface area contributed by atoms with Crippen LogP contribution in [0.1, 0.15) is 11.3 Å². The average Bonchev–Trinajstić information content (AvgIpc) is 2.81. The Labute approximate surface area is 131 Å². The van der Waals surface area contributed by atoms with Crippen molar-refractivity contribution >= 4 is 21.8 Å². The van der Waals surface area contributed by atoms with Gasteiger partial charge in [-0.3, -0.25) is 4.79 Å². The van der Waals surface area contributed by atoms with E-state index in [0.29, 0.717) is 15.6 Å². The minimum Gasteiger partial charge on any atom is -0.368 e. The number of nitrogens with zero attached hydrogens (tertiary/aromatic N) is 3. The minimum atomic E-state index is -4.64. The van der Waals surface area contributed by atoms with Crippen LogP contribution in [0.2, 0.25) is 0 Å². The first kappa shape index (κ1) is 16.0. The Morgan fingerprint density at radius 2 is 2.14 bits per heavy atom. The second-order valence-corrected chi connectivity index (χ2v) is 5.20. The van der Waals surface area contributed by atoms with Crippen molar-refractivity contribution in [2.24, 2.45) is 5.73 Å². The van der Waals surface area contributed by atoms with Crippen LogP contribution in [-0.4, -0.2) is 15.5 Å². The number of primary amides is 1. The van der Waals surface area contributed by atoms with Crippen LogP contribution in [0.25, 0.3) is 11.4 Å². The third-order valence-corrected chi connectivity index (χ3v) is 3.39. The van der Waals surface area contributed by atoms with Gasteiger partial charge in [-0.1, -0.05) is 0 Å². The summed E-state index contributed by atoms with van der Waals surface area (Å²) in [5, 5.41) is 8.81. The Bertz CT molecular complexity index is 777. The number of aromatic nitrogens is 2. The van der Waals surface area contributed by atoms with Crippen molar-refractivity contribution in [3.63, 3.8) is 0 Å². The van der Waals surface area contributed by atoms with Crippen LogP contribution >= 0.6 is 15.9 Å². The molecule has 0 fully saturated rings. The van der Waals surface area contributed by atoms with Crippen LogP contribution in [0.5, 0.6) is 0 Å². The summed E-state index contributed by atoms with van der Waals surface area (Å²) in [7, 11) is 0. The quantitative estimate of drug-likeness (QED) is 0.898. The zero-order valence-electron chi connectivity index (χ0n) is 10.9. The first-order valence-corrected chi connectivity index (χ1v) is 6.64. The lowest BCUT2D eigenvalue weighted by Gasteiger charge is -2.07. The van der Waals surface area contributed by atoms with Crippen LogP contribution in [-0.2, 0) is 17.5 Å². The summed E-state index contributed by atoms with van der Waals surface area (Å²) in [5.74, 6) is -0.861. The van der Waals surface area contributed by atoms with E-state index in [1.807, 2.05) is 6.07 Å². The fraction of sp³-hybridized carbons (Fsp3) is 0.154. The van der Waals surface area contributed by atoms with E-state index < -0.39 is 24.3 Å². The molecule has 0 aliphatic rings. The van der Waals surface area contributed by atoms with Crippen molar-refractivity contribution in [2.75, 3.05) is 0 Å². The highest BCUT2D eigenvalue weighted by Gasteiger charge is 2.35. The fourth-order valence-electron chi connectivity index (χ4n) is 1.82. The second kappa shape index (κ2) is 5.81. The Hall–Kier alpha value is -2.34. The van der Waals surface area contributed by atoms with E-state index >= 15 is 0 Å². The van der Waals surface area contributed by atoms with E-state index in [1.165, 1.54) is 18.2 Å². The number of hydrogen-bond donors (Lipinski definition) is 1. The molecule has 2 rings (SSSR count). The van der Waals surface area contributed by atoms with Crippen molar-refractivity contribution in [1.29, 1.82) is 5.26 Å². The number of imidazole rings is 1. The molecule has 0 bridgehead atoms. The molecule has 22 heavy (non-hydrogen) atoms. The van der Waals surface area contributed by atoms with Crippen molar-refractivity contribution in [3.8, 4) is 17.5 Å². The van der Waals surface area contributed by atoms with Gasteiger partial charge in [-0.15, -0.1) is 0 Å². The number of carbonyl (C=O) groups is 1. The van der Waals surface area contributed by atoms with E-state index in [2.05, 4.69) is 20.9 Å². The van der Waals surface area contributed by atoms with E-state index in [-0.39, 0.29) is 5.82 Å². The van der Waals surface area contributed by atoms with E-state index in [1.54, 1.807) is 0 Å². The Balaban J connectivity index is 2.60. The van der Waals surface area contributed by atoms with Crippen LogP contribution in [0, 0.1) is 11.3 Å². The molecule has 2 aromatic rings. The lowest BCUT2D eigenvalue weighted by molar-refractivity contribution is -0.141. The van der Waals surface area contributed by atoms with Crippen LogP contribution in [0.15, 0.2) is 28.9 Å². The first-order valence-electron chi connectivity index (χ1n) is 5.85. The minimum absolute atomic E-state index is 0.0671. The van der Waals surface area contributed by atoms with Gasteiger partial charge < -0.3 is 10.3 Å². The van der Waals surface area contributed by atoms with Crippen LogP contribution in [0.4, 0.5) is 13.2 Å². The van der Waals surface area contributed by atoms with Gasteiger partial charge >= 0.3 is 6.18 Å². The van der Waals surface area contributed by atoms with Crippen molar-refractivity contribution < 1.29 is 18.0 Å². The molecule has 0 aliphatic carbocycles. The lowest BCUT2D eigenvalue weighted by Crippen LogP contribution is -2.18. The summed E-state index contributed by atoms with van der Waals surface area (Å²) in [5.41, 5.74) is 4.57. The molecule has 1 aromatic heterocycles. The molecule has 0 saturated heterocycles. The number of amides is 1. The van der Waals surface area contributed by atoms with Gasteiger partial charge in [-0.25, -0.2) is 4.98 Å². The van der Waals surface area contributed by atoms with Gasteiger partial charge in [0.2, 0.25) is 5.91 Å². The number of rotatable bonds is 3. The predicted molar refractivity (Wildman–Crippen MR) is 74.3 cm³/mol. The summed E-state index contributed by atoms with van der Waals surface area (Å²) >= 11 is 3.18. The SMILES string of the molecule is N#Cc1ccc(-c2nc(C(F)(F)F)cn2CC(N)=O)c(Br)c1. The summed E-state index contributed by atoms with van der Waals surface area (Å²) < 4.78 is 39.8. The van der Waals surface area contributed by atoms with Crippen molar-refractivity contribution in [2.45, 2.75) is 12.7 Å². The number of carbonyl (C=O) groups excluding carboxylic acids is 1. The van der Waals surface area contributed by atoms with Gasteiger partial charge in [0.25, 0.3) is 0 Å². The van der Waals surface area contributed by atoms with Crippen LogP contribution in [0.3, 0.4) is 0 Å². The highest BCUT2D eigenvalue weighted by molar-refractivity contribution is 9.10. The summed E-state index contributed by atoms with van der Waals surface area (Å²) in [6.45, 7) is -0.440. The summed E-state index contributed by atoms with van der Waals surface area (Å²) in [4.78, 5) is 14.6. The topological polar surface area (TPSA) is 84.7 Å². The van der Waals surface area contributed by atoms with Gasteiger partial charge in [0.1, 0.15) is 12.4 Å². The molecule has 114 valence electrons. The number of halogens is 4. The maximum absolute atomic E-state index is 12.8. The molecule has 0 spiro atoms. The molecule has 0 radical (unpaired) electrons.